The second-order valence-electron chi connectivity index (χ2n) is 3.48. The minimum Gasteiger partial charge on any atom is -0.277 e. The molecule has 0 saturated heterocycles. The molecule has 0 amide bonds. The van der Waals surface area contributed by atoms with Crippen LogP contribution in [0.5, 0.6) is 0 Å². The van der Waals surface area contributed by atoms with Crippen LogP contribution < -0.4 is 0 Å². The lowest BCUT2D eigenvalue weighted by molar-refractivity contribution is -0.334. The molecule has 0 radical (unpaired) electrons. The molecule has 1 unspecified atom stereocenters. The second kappa shape index (κ2) is 5.07. The van der Waals surface area contributed by atoms with Crippen LogP contribution in [0.25, 0.3) is 0 Å². The van der Waals surface area contributed by atoms with Crippen LogP contribution in [0.15, 0.2) is 0 Å². The SMILES string of the molecule is FC(F)(F)OC(Br)C1CCC(S)CC1. The van der Waals surface area contributed by atoms with Gasteiger partial charge in [-0.15, -0.1) is 13.2 Å². The first-order valence-electron chi connectivity index (χ1n) is 4.45. The van der Waals surface area contributed by atoms with Crippen LogP contribution in [0.1, 0.15) is 25.7 Å². The number of hydrogen-bond donors (Lipinski definition) is 1. The molecular formula is C8H12BrF3OS. The molecule has 1 aliphatic rings. The fourth-order valence-electron chi connectivity index (χ4n) is 1.59. The maximum atomic E-state index is 11.9. The predicted octanol–water partition coefficient (Wildman–Crippen LogP) is 3.73. The molecule has 1 aliphatic carbocycles. The van der Waals surface area contributed by atoms with Crippen LogP contribution in [0.2, 0.25) is 0 Å². The first-order valence-corrected chi connectivity index (χ1v) is 5.88. The number of thiol groups is 1. The Hall–Kier alpha value is 0.580. The van der Waals surface area contributed by atoms with Gasteiger partial charge in [-0.25, -0.2) is 0 Å². The largest absolute Gasteiger partial charge is 0.523 e. The van der Waals surface area contributed by atoms with Crippen molar-refractivity contribution in [2.75, 3.05) is 0 Å². The van der Waals surface area contributed by atoms with Gasteiger partial charge in [0.15, 0.2) is 0 Å². The fraction of sp³-hybridized carbons (Fsp3) is 1.00. The standard InChI is InChI=1S/C8H12BrF3OS/c9-7(13-8(10,11)12)5-1-3-6(14)4-2-5/h5-7,14H,1-4H2. The highest BCUT2D eigenvalue weighted by Gasteiger charge is 2.36. The van der Waals surface area contributed by atoms with Crippen molar-refractivity contribution in [1.82, 2.24) is 0 Å². The smallest absolute Gasteiger partial charge is 0.277 e. The molecule has 0 bridgehead atoms. The van der Waals surface area contributed by atoms with Crippen LogP contribution in [-0.2, 0) is 4.74 Å². The zero-order valence-electron chi connectivity index (χ0n) is 7.43. The van der Waals surface area contributed by atoms with Crippen molar-refractivity contribution in [1.29, 1.82) is 0 Å². The summed E-state index contributed by atoms with van der Waals surface area (Å²) < 4.78 is 39.5. The number of ether oxygens (including phenoxy) is 1. The van der Waals surface area contributed by atoms with E-state index in [-0.39, 0.29) is 5.92 Å². The van der Waals surface area contributed by atoms with Crippen molar-refractivity contribution in [3.63, 3.8) is 0 Å². The van der Waals surface area contributed by atoms with Gasteiger partial charge in [-0.3, -0.25) is 4.74 Å². The third kappa shape index (κ3) is 4.40. The lowest BCUT2D eigenvalue weighted by atomic mass is 9.89. The van der Waals surface area contributed by atoms with E-state index in [4.69, 9.17) is 0 Å². The summed E-state index contributed by atoms with van der Waals surface area (Å²) in [4.78, 5) is 0. The molecule has 0 N–H and O–H groups in total. The molecule has 84 valence electrons. The molecule has 0 aromatic rings. The van der Waals surface area contributed by atoms with Gasteiger partial charge >= 0.3 is 6.36 Å². The molecule has 1 fully saturated rings. The second-order valence-corrected chi connectivity index (χ2v) is 5.12. The molecule has 1 atom stereocenters. The summed E-state index contributed by atoms with van der Waals surface area (Å²) in [6.45, 7) is 0. The Bertz CT molecular complexity index is 180. The van der Waals surface area contributed by atoms with Gasteiger partial charge < -0.3 is 0 Å². The lowest BCUT2D eigenvalue weighted by Gasteiger charge is -2.29. The summed E-state index contributed by atoms with van der Waals surface area (Å²) in [6.07, 6.45) is -1.36. The molecule has 1 nitrogen and oxygen atoms in total. The minimum atomic E-state index is -4.55. The highest BCUT2D eigenvalue weighted by atomic mass is 79.9. The van der Waals surface area contributed by atoms with E-state index in [1.807, 2.05) is 0 Å². The Morgan fingerprint density at radius 2 is 1.71 bits per heavy atom. The third-order valence-electron chi connectivity index (χ3n) is 2.36. The van der Waals surface area contributed by atoms with Gasteiger partial charge in [0.2, 0.25) is 0 Å². The molecule has 0 spiro atoms. The molecule has 1 saturated carbocycles. The summed E-state index contributed by atoms with van der Waals surface area (Å²) in [6, 6.07) is 0. The van der Waals surface area contributed by atoms with E-state index in [9.17, 15) is 13.2 Å². The van der Waals surface area contributed by atoms with E-state index in [0.29, 0.717) is 5.25 Å². The maximum Gasteiger partial charge on any atom is 0.523 e. The Kier molecular flexibility index (Phi) is 4.58. The molecule has 6 heteroatoms. The monoisotopic (exact) mass is 292 g/mol. The van der Waals surface area contributed by atoms with Gasteiger partial charge in [-0.2, -0.15) is 12.6 Å². The van der Waals surface area contributed by atoms with Gasteiger partial charge in [0.1, 0.15) is 5.01 Å². The van der Waals surface area contributed by atoms with E-state index < -0.39 is 11.4 Å². The van der Waals surface area contributed by atoms with Gasteiger partial charge in [-0.05, 0) is 31.6 Å². The van der Waals surface area contributed by atoms with Crippen molar-refractivity contribution in [3.8, 4) is 0 Å². The van der Waals surface area contributed by atoms with Crippen LogP contribution in [-0.4, -0.2) is 16.6 Å². The Labute approximate surface area is 94.9 Å². The molecule has 1 rings (SSSR count). The molecule has 0 aromatic carbocycles. The van der Waals surface area contributed by atoms with Gasteiger partial charge in [0.25, 0.3) is 0 Å². The van der Waals surface area contributed by atoms with Crippen molar-refractivity contribution < 1.29 is 17.9 Å². The molecular weight excluding hydrogens is 281 g/mol. The van der Waals surface area contributed by atoms with Crippen molar-refractivity contribution in [2.24, 2.45) is 5.92 Å². The predicted molar refractivity (Wildman–Crippen MR) is 54.6 cm³/mol. The zero-order valence-corrected chi connectivity index (χ0v) is 9.91. The molecule has 14 heavy (non-hydrogen) atoms. The van der Waals surface area contributed by atoms with Gasteiger partial charge in [-0.1, -0.05) is 15.9 Å². The highest BCUT2D eigenvalue weighted by molar-refractivity contribution is 9.09. The number of rotatable bonds is 2. The van der Waals surface area contributed by atoms with Crippen LogP contribution >= 0.6 is 28.6 Å². The van der Waals surface area contributed by atoms with Gasteiger partial charge in [0.05, 0.1) is 0 Å². The van der Waals surface area contributed by atoms with Crippen molar-refractivity contribution in [2.45, 2.75) is 42.3 Å². The summed E-state index contributed by atoms with van der Waals surface area (Å²) in [5.41, 5.74) is 0. The summed E-state index contributed by atoms with van der Waals surface area (Å²) in [7, 11) is 0. The molecule has 0 aliphatic heterocycles. The third-order valence-corrected chi connectivity index (χ3v) is 3.81. The van der Waals surface area contributed by atoms with Crippen molar-refractivity contribution in [3.05, 3.63) is 0 Å². The van der Waals surface area contributed by atoms with Crippen LogP contribution in [0.3, 0.4) is 0 Å². The topological polar surface area (TPSA) is 9.23 Å². The van der Waals surface area contributed by atoms with Gasteiger partial charge in [0, 0.05) is 5.25 Å². The normalized spacial score (nSPS) is 31.5. The molecule has 0 aromatic heterocycles. The molecule has 0 heterocycles. The van der Waals surface area contributed by atoms with Crippen LogP contribution in [0, 0.1) is 5.92 Å². The first kappa shape index (κ1) is 12.6. The summed E-state index contributed by atoms with van der Waals surface area (Å²) >= 11 is 7.21. The Morgan fingerprint density at radius 1 is 1.21 bits per heavy atom. The van der Waals surface area contributed by atoms with E-state index in [1.165, 1.54) is 0 Å². The summed E-state index contributed by atoms with van der Waals surface area (Å²) in [5.74, 6) is -0.0555. The highest BCUT2D eigenvalue weighted by Crippen LogP contribution is 2.35. The number of hydrogen-bond acceptors (Lipinski definition) is 2. The first-order chi connectivity index (χ1) is 6.38. The fourth-order valence-corrected chi connectivity index (χ4v) is 2.63. The number of halogens is 4. The summed E-state index contributed by atoms with van der Waals surface area (Å²) in [5, 5.41) is -0.583. The van der Waals surface area contributed by atoms with Crippen molar-refractivity contribution >= 4 is 28.6 Å². The van der Waals surface area contributed by atoms with E-state index in [0.717, 1.165) is 25.7 Å². The van der Waals surface area contributed by atoms with Crippen LogP contribution in [0.4, 0.5) is 13.2 Å². The van der Waals surface area contributed by atoms with E-state index >= 15 is 0 Å². The Balaban J connectivity index is 2.34. The number of alkyl halides is 4. The zero-order chi connectivity index (χ0) is 10.8. The lowest BCUT2D eigenvalue weighted by Crippen LogP contribution is -2.29. The minimum absolute atomic E-state index is 0.0555. The maximum absolute atomic E-state index is 11.9. The average Bonchev–Trinajstić information content (AvgIpc) is 2.02. The van der Waals surface area contributed by atoms with E-state index in [1.54, 1.807) is 0 Å². The average molecular weight is 293 g/mol. The van der Waals surface area contributed by atoms with E-state index in [2.05, 4.69) is 33.3 Å². The quantitative estimate of drug-likeness (QED) is 0.603. The Morgan fingerprint density at radius 3 is 2.14 bits per heavy atom.